The van der Waals surface area contributed by atoms with E-state index in [9.17, 15) is 18.0 Å². The first-order valence-corrected chi connectivity index (χ1v) is 9.10. The Balaban J connectivity index is 3.12. The molecule has 1 N–H and O–H groups in total. The van der Waals surface area contributed by atoms with Gasteiger partial charge in [0.2, 0.25) is 0 Å². The maximum atomic E-state index is 13.0. The minimum absolute atomic E-state index is 0.306. The smallest absolute Gasteiger partial charge is 0.358 e. The van der Waals surface area contributed by atoms with Gasteiger partial charge in [0.15, 0.2) is 0 Å². The molecule has 0 saturated carbocycles. The zero-order chi connectivity index (χ0) is 19.8. The van der Waals surface area contributed by atoms with Crippen LogP contribution < -0.4 is 5.32 Å². The van der Waals surface area contributed by atoms with Gasteiger partial charge < -0.3 is 10.1 Å². The highest BCUT2D eigenvalue weighted by atomic mass is 19.4. The summed E-state index contributed by atoms with van der Waals surface area (Å²) < 4.78 is 39.0. The van der Waals surface area contributed by atoms with Gasteiger partial charge in [-0.15, -0.1) is 0 Å². The number of alkyl halides is 3. The summed E-state index contributed by atoms with van der Waals surface area (Å²) in [7, 11) is 1.51. The van der Waals surface area contributed by atoms with Crippen molar-refractivity contribution in [1.82, 2.24) is 5.32 Å². The fraction of sp³-hybridized carbons (Fsp3) is 0.600. The molecule has 0 radical (unpaired) electrons. The third-order valence-corrected chi connectivity index (χ3v) is 4.76. The van der Waals surface area contributed by atoms with E-state index in [2.05, 4.69) is 24.2 Å². The third-order valence-electron chi connectivity index (χ3n) is 4.76. The number of hydrogen-bond acceptors (Lipinski definition) is 2. The SMILES string of the molecule is CCCC(C=O)(CCC(C)CC)NC(=NC)c1cccc(C(F)(F)F)c1. The van der Waals surface area contributed by atoms with Crippen LogP contribution in [0.25, 0.3) is 0 Å². The third kappa shape index (κ3) is 6.15. The molecule has 0 heterocycles. The van der Waals surface area contributed by atoms with Crippen molar-refractivity contribution in [2.45, 2.75) is 64.6 Å². The Labute approximate surface area is 154 Å². The number of hydrogen-bond donors (Lipinski definition) is 1. The first-order chi connectivity index (χ1) is 12.2. The minimum atomic E-state index is -4.42. The van der Waals surface area contributed by atoms with E-state index in [0.29, 0.717) is 30.2 Å². The fourth-order valence-corrected chi connectivity index (χ4v) is 2.89. The molecule has 2 atom stereocenters. The number of nitrogens with one attached hydrogen (secondary N) is 1. The van der Waals surface area contributed by atoms with Crippen LogP contribution in [0.2, 0.25) is 0 Å². The summed E-state index contributed by atoms with van der Waals surface area (Å²) in [6.45, 7) is 6.21. The quantitative estimate of drug-likeness (QED) is 0.367. The van der Waals surface area contributed by atoms with Gasteiger partial charge >= 0.3 is 6.18 Å². The summed E-state index contributed by atoms with van der Waals surface area (Å²) in [5.41, 5.74) is -1.22. The van der Waals surface area contributed by atoms with E-state index in [4.69, 9.17) is 0 Å². The molecule has 0 saturated heterocycles. The lowest BCUT2D eigenvalue weighted by molar-refractivity contribution is -0.137. The number of carbonyl (C=O) groups is 1. The average molecular weight is 370 g/mol. The number of aliphatic imine (C=N–C) groups is 1. The zero-order valence-corrected chi connectivity index (χ0v) is 16.0. The molecule has 0 bridgehead atoms. The summed E-state index contributed by atoms with van der Waals surface area (Å²) in [5, 5.41) is 3.16. The molecular formula is C20H29F3N2O. The predicted molar refractivity (Wildman–Crippen MR) is 99.4 cm³/mol. The maximum Gasteiger partial charge on any atom is 0.416 e. The van der Waals surface area contributed by atoms with Crippen molar-refractivity contribution in [3.8, 4) is 0 Å². The Morgan fingerprint density at radius 1 is 1.27 bits per heavy atom. The van der Waals surface area contributed by atoms with Crippen LogP contribution in [0.4, 0.5) is 13.2 Å². The van der Waals surface area contributed by atoms with Crippen molar-refractivity contribution in [1.29, 1.82) is 0 Å². The van der Waals surface area contributed by atoms with Gasteiger partial charge in [-0.1, -0.05) is 45.7 Å². The standard InChI is InChI=1S/C20H29F3N2O/c1-5-11-19(14-26,12-10-15(3)6-2)25-18(24-4)16-8-7-9-17(13-16)20(21,22)23/h7-9,13-15H,5-6,10-12H2,1-4H3,(H,24,25). The Hall–Kier alpha value is -1.85. The molecule has 3 nitrogen and oxygen atoms in total. The molecule has 0 aliphatic carbocycles. The molecule has 0 aliphatic rings. The van der Waals surface area contributed by atoms with E-state index in [1.54, 1.807) is 6.07 Å². The van der Waals surface area contributed by atoms with E-state index in [1.807, 2.05) is 6.92 Å². The normalized spacial score (nSPS) is 16.0. The Kier molecular flexibility index (Phi) is 8.31. The highest BCUT2D eigenvalue weighted by Crippen LogP contribution is 2.30. The molecule has 0 aliphatic heterocycles. The molecule has 1 aromatic rings. The predicted octanol–water partition coefficient (Wildman–Crippen LogP) is 5.24. The summed E-state index contributed by atoms with van der Waals surface area (Å²) in [4.78, 5) is 16.1. The number of amidine groups is 1. The van der Waals surface area contributed by atoms with Gasteiger partial charge in [0.1, 0.15) is 12.1 Å². The molecule has 0 aromatic heterocycles. The molecule has 26 heavy (non-hydrogen) atoms. The van der Waals surface area contributed by atoms with E-state index in [0.717, 1.165) is 37.7 Å². The monoisotopic (exact) mass is 370 g/mol. The number of nitrogens with zero attached hydrogens (tertiary/aromatic N) is 1. The molecular weight excluding hydrogens is 341 g/mol. The number of benzene rings is 1. The van der Waals surface area contributed by atoms with Gasteiger partial charge in [-0.05, 0) is 37.3 Å². The highest BCUT2D eigenvalue weighted by Gasteiger charge is 2.33. The van der Waals surface area contributed by atoms with Crippen LogP contribution >= 0.6 is 0 Å². The number of carbonyl (C=O) groups excluding carboxylic acids is 1. The van der Waals surface area contributed by atoms with Crippen LogP contribution in [0.3, 0.4) is 0 Å². The van der Waals surface area contributed by atoms with Crippen LogP contribution in [-0.2, 0) is 11.0 Å². The zero-order valence-electron chi connectivity index (χ0n) is 16.0. The molecule has 0 fully saturated rings. The van der Waals surface area contributed by atoms with Gasteiger partial charge in [-0.3, -0.25) is 4.99 Å². The Bertz CT molecular complexity index is 613. The molecule has 0 amide bonds. The first kappa shape index (κ1) is 22.2. The lowest BCUT2D eigenvalue weighted by atomic mass is 9.86. The van der Waals surface area contributed by atoms with Crippen molar-refractivity contribution in [3.05, 3.63) is 35.4 Å². The Morgan fingerprint density at radius 2 is 1.96 bits per heavy atom. The highest BCUT2D eigenvalue weighted by molar-refractivity contribution is 6.00. The summed E-state index contributed by atoms with van der Waals surface area (Å²) in [6, 6.07) is 5.01. The molecule has 0 spiro atoms. The molecule has 6 heteroatoms. The lowest BCUT2D eigenvalue weighted by Crippen LogP contribution is -2.50. The van der Waals surface area contributed by atoms with Crippen LogP contribution in [-0.4, -0.2) is 24.7 Å². The molecule has 1 rings (SSSR count). The maximum absolute atomic E-state index is 13.0. The lowest BCUT2D eigenvalue weighted by Gasteiger charge is -2.32. The molecule has 2 unspecified atom stereocenters. The number of aldehydes is 1. The molecule has 1 aromatic carbocycles. The van der Waals surface area contributed by atoms with E-state index < -0.39 is 17.3 Å². The van der Waals surface area contributed by atoms with Crippen LogP contribution in [0.5, 0.6) is 0 Å². The van der Waals surface area contributed by atoms with Gasteiger partial charge in [0.25, 0.3) is 0 Å². The number of halogens is 3. The summed E-state index contributed by atoms with van der Waals surface area (Å²) >= 11 is 0. The number of rotatable bonds is 9. The second kappa shape index (κ2) is 9.74. The van der Waals surface area contributed by atoms with Gasteiger partial charge in [-0.2, -0.15) is 13.2 Å². The van der Waals surface area contributed by atoms with Crippen LogP contribution in [0.1, 0.15) is 64.0 Å². The topological polar surface area (TPSA) is 41.5 Å². The second-order valence-electron chi connectivity index (χ2n) is 6.85. The summed E-state index contributed by atoms with van der Waals surface area (Å²) in [5.74, 6) is 0.782. The van der Waals surface area contributed by atoms with E-state index >= 15 is 0 Å². The average Bonchev–Trinajstić information content (AvgIpc) is 2.63. The largest absolute Gasteiger partial charge is 0.416 e. The van der Waals surface area contributed by atoms with E-state index in [-0.39, 0.29) is 0 Å². The van der Waals surface area contributed by atoms with Crippen molar-refractivity contribution in [2.75, 3.05) is 7.05 Å². The van der Waals surface area contributed by atoms with Crippen molar-refractivity contribution >= 4 is 12.1 Å². The van der Waals surface area contributed by atoms with Crippen LogP contribution in [0, 0.1) is 5.92 Å². The van der Waals surface area contributed by atoms with Crippen molar-refractivity contribution < 1.29 is 18.0 Å². The van der Waals surface area contributed by atoms with Gasteiger partial charge in [0, 0.05) is 12.6 Å². The minimum Gasteiger partial charge on any atom is -0.358 e. The van der Waals surface area contributed by atoms with Crippen LogP contribution in [0.15, 0.2) is 29.3 Å². The summed E-state index contributed by atoms with van der Waals surface area (Å²) in [6.07, 6.45) is 0.355. The fourth-order valence-electron chi connectivity index (χ4n) is 2.89. The van der Waals surface area contributed by atoms with Gasteiger partial charge in [-0.25, -0.2) is 0 Å². The van der Waals surface area contributed by atoms with Gasteiger partial charge in [0.05, 0.1) is 11.1 Å². The second-order valence-corrected chi connectivity index (χ2v) is 6.85. The van der Waals surface area contributed by atoms with Crippen molar-refractivity contribution in [3.63, 3.8) is 0 Å². The molecule has 146 valence electrons. The van der Waals surface area contributed by atoms with E-state index in [1.165, 1.54) is 13.1 Å². The Morgan fingerprint density at radius 3 is 2.46 bits per heavy atom. The first-order valence-electron chi connectivity index (χ1n) is 9.10. The van der Waals surface area contributed by atoms with Crippen molar-refractivity contribution in [2.24, 2.45) is 10.9 Å².